The normalized spacial score (nSPS) is 20.2. The molecule has 102 valence electrons. The van der Waals surface area contributed by atoms with Crippen LogP contribution in [0.25, 0.3) is 0 Å². The van der Waals surface area contributed by atoms with Crippen molar-refractivity contribution in [3.05, 3.63) is 20.8 Å². The van der Waals surface area contributed by atoms with Gasteiger partial charge >= 0.3 is 0 Å². The van der Waals surface area contributed by atoms with Gasteiger partial charge < -0.3 is 5.73 Å². The van der Waals surface area contributed by atoms with Gasteiger partial charge in [-0.3, -0.25) is 0 Å². The summed E-state index contributed by atoms with van der Waals surface area (Å²) in [5, 5.41) is 2.65. The highest BCUT2D eigenvalue weighted by molar-refractivity contribution is 9.10. The lowest BCUT2D eigenvalue weighted by molar-refractivity contribution is 0.609. The van der Waals surface area contributed by atoms with Crippen molar-refractivity contribution in [1.29, 1.82) is 0 Å². The second kappa shape index (κ2) is 7.32. The fraction of sp³-hybridized carbons (Fsp3) is 0.714. The molecular formula is C14H22BrNS2. The average molecular weight is 348 g/mol. The van der Waals surface area contributed by atoms with Gasteiger partial charge in [0, 0.05) is 20.8 Å². The Morgan fingerprint density at radius 3 is 2.78 bits per heavy atom. The van der Waals surface area contributed by atoms with E-state index in [1.165, 1.54) is 40.8 Å². The summed E-state index contributed by atoms with van der Waals surface area (Å²) >= 11 is 7.47. The number of rotatable bonds is 6. The molecule has 1 aliphatic carbocycles. The number of nitrogens with two attached hydrogens (primary N) is 1. The predicted octanol–water partition coefficient (Wildman–Crippen LogP) is 5.21. The molecule has 0 spiro atoms. The van der Waals surface area contributed by atoms with Crippen molar-refractivity contribution in [3.63, 3.8) is 0 Å². The van der Waals surface area contributed by atoms with E-state index in [-0.39, 0.29) is 6.04 Å². The molecule has 1 aromatic heterocycles. The summed E-state index contributed by atoms with van der Waals surface area (Å²) in [6.45, 7) is 2.19. The minimum absolute atomic E-state index is 0.280. The Kier molecular flexibility index (Phi) is 6.05. The summed E-state index contributed by atoms with van der Waals surface area (Å²) in [6.07, 6.45) is 6.77. The van der Waals surface area contributed by atoms with Crippen LogP contribution >= 0.6 is 39.0 Å². The maximum Gasteiger partial charge on any atom is 0.0542 e. The van der Waals surface area contributed by atoms with Gasteiger partial charge in [-0.05, 0) is 52.9 Å². The number of thioether (sulfide) groups is 1. The van der Waals surface area contributed by atoms with Gasteiger partial charge in [-0.25, -0.2) is 0 Å². The van der Waals surface area contributed by atoms with Crippen molar-refractivity contribution in [2.75, 3.05) is 5.75 Å². The molecule has 0 aliphatic heterocycles. The van der Waals surface area contributed by atoms with E-state index in [4.69, 9.17) is 5.73 Å². The predicted molar refractivity (Wildman–Crippen MR) is 87.4 cm³/mol. The molecule has 0 bridgehead atoms. The minimum atomic E-state index is 0.280. The molecule has 18 heavy (non-hydrogen) atoms. The third kappa shape index (κ3) is 3.99. The Bertz CT molecular complexity index is 360. The highest BCUT2D eigenvalue weighted by Crippen LogP contribution is 2.40. The molecule has 1 aromatic rings. The topological polar surface area (TPSA) is 26.0 Å². The standard InChI is InChI=1S/C14H22BrNS2/c1-2-12(16)14(13-7-11(15)9-17-13)18-8-10-5-3-4-6-10/h7,9-10,12,14H,2-6,8,16H2,1H3. The molecule has 1 aliphatic rings. The van der Waals surface area contributed by atoms with Gasteiger partial charge in [0.1, 0.15) is 0 Å². The first-order valence-electron chi connectivity index (χ1n) is 6.81. The smallest absolute Gasteiger partial charge is 0.0542 e. The van der Waals surface area contributed by atoms with Gasteiger partial charge in [0.25, 0.3) is 0 Å². The monoisotopic (exact) mass is 347 g/mol. The molecule has 1 fully saturated rings. The maximum atomic E-state index is 6.31. The SMILES string of the molecule is CCC(N)C(SCC1CCCC1)c1cc(Br)cs1. The van der Waals surface area contributed by atoms with Crippen LogP contribution in [0, 0.1) is 5.92 Å². The second-order valence-electron chi connectivity index (χ2n) is 5.14. The lowest BCUT2D eigenvalue weighted by Gasteiger charge is -2.22. The van der Waals surface area contributed by atoms with Crippen molar-refractivity contribution in [3.8, 4) is 0 Å². The van der Waals surface area contributed by atoms with E-state index in [0.29, 0.717) is 5.25 Å². The van der Waals surface area contributed by atoms with Gasteiger partial charge in [0.15, 0.2) is 0 Å². The minimum Gasteiger partial charge on any atom is -0.326 e. The van der Waals surface area contributed by atoms with Gasteiger partial charge in [0.2, 0.25) is 0 Å². The molecule has 2 rings (SSSR count). The molecule has 1 heterocycles. The van der Waals surface area contributed by atoms with Crippen LogP contribution in [0.2, 0.25) is 0 Å². The van der Waals surface area contributed by atoms with Crippen LogP contribution in [0.1, 0.15) is 49.2 Å². The summed E-state index contributed by atoms with van der Waals surface area (Å²) in [5.41, 5.74) is 6.31. The Morgan fingerprint density at radius 2 is 2.22 bits per heavy atom. The molecule has 0 saturated heterocycles. The number of thiophene rings is 1. The molecule has 1 nitrogen and oxygen atoms in total. The van der Waals surface area contributed by atoms with Gasteiger partial charge in [-0.1, -0.05) is 19.8 Å². The Morgan fingerprint density at radius 1 is 1.50 bits per heavy atom. The fourth-order valence-electron chi connectivity index (χ4n) is 2.53. The first-order chi connectivity index (χ1) is 8.70. The summed E-state index contributed by atoms with van der Waals surface area (Å²) in [5.74, 6) is 2.22. The number of hydrogen-bond donors (Lipinski definition) is 1. The summed E-state index contributed by atoms with van der Waals surface area (Å²) in [7, 11) is 0. The van der Waals surface area contributed by atoms with Crippen molar-refractivity contribution in [1.82, 2.24) is 0 Å². The van der Waals surface area contributed by atoms with Crippen LogP contribution in [-0.2, 0) is 0 Å². The van der Waals surface area contributed by atoms with Crippen molar-refractivity contribution >= 4 is 39.0 Å². The third-order valence-electron chi connectivity index (χ3n) is 3.71. The van der Waals surface area contributed by atoms with Crippen LogP contribution in [0.5, 0.6) is 0 Å². The quantitative estimate of drug-likeness (QED) is 0.763. The zero-order chi connectivity index (χ0) is 13.0. The molecular weight excluding hydrogens is 326 g/mol. The van der Waals surface area contributed by atoms with E-state index in [0.717, 1.165) is 12.3 Å². The largest absolute Gasteiger partial charge is 0.326 e. The molecule has 0 amide bonds. The number of hydrogen-bond acceptors (Lipinski definition) is 3. The molecule has 0 radical (unpaired) electrons. The van der Waals surface area contributed by atoms with E-state index in [1.54, 1.807) is 0 Å². The van der Waals surface area contributed by atoms with E-state index < -0.39 is 0 Å². The molecule has 2 atom stereocenters. The summed E-state index contributed by atoms with van der Waals surface area (Å²) in [4.78, 5) is 1.43. The van der Waals surface area contributed by atoms with Crippen LogP contribution in [-0.4, -0.2) is 11.8 Å². The first-order valence-corrected chi connectivity index (χ1v) is 9.54. The zero-order valence-electron chi connectivity index (χ0n) is 10.9. The van der Waals surface area contributed by atoms with Crippen LogP contribution in [0.15, 0.2) is 15.9 Å². The maximum absolute atomic E-state index is 6.31. The Balaban J connectivity index is 1.96. The van der Waals surface area contributed by atoms with Crippen molar-refractivity contribution in [2.24, 2.45) is 11.7 Å². The van der Waals surface area contributed by atoms with Gasteiger partial charge in [-0.2, -0.15) is 11.8 Å². The molecule has 2 N–H and O–H groups in total. The third-order valence-corrected chi connectivity index (χ3v) is 7.27. The highest BCUT2D eigenvalue weighted by Gasteiger charge is 2.23. The van der Waals surface area contributed by atoms with Crippen molar-refractivity contribution in [2.45, 2.75) is 50.3 Å². The average Bonchev–Trinajstić information content (AvgIpc) is 3.01. The summed E-state index contributed by atoms with van der Waals surface area (Å²) in [6, 6.07) is 2.52. The van der Waals surface area contributed by atoms with Crippen LogP contribution in [0.3, 0.4) is 0 Å². The van der Waals surface area contributed by atoms with Crippen LogP contribution < -0.4 is 5.73 Å². The van der Waals surface area contributed by atoms with E-state index >= 15 is 0 Å². The molecule has 2 unspecified atom stereocenters. The lowest BCUT2D eigenvalue weighted by atomic mass is 10.1. The van der Waals surface area contributed by atoms with E-state index in [2.05, 4.69) is 46.1 Å². The highest BCUT2D eigenvalue weighted by atomic mass is 79.9. The lowest BCUT2D eigenvalue weighted by Crippen LogP contribution is -2.25. The number of halogens is 1. The van der Waals surface area contributed by atoms with E-state index in [9.17, 15) is 0 Å². The van der Waals surface area contributed by atoms with E-state index in [1.807, 2.05) is 11.3 Å². The Labute approximate surface area is 127 Å². The molecule has 4 heteroatoms. The fourth-order valence-corrected chi connectivity index (χ4v) is 5.88. The van der Waals surface area contributed by atoms with Gasteiger partial charge in [0.05, 0.1) is 5.25 Å². The van der Waals surface area contributed by atoms with Crippen LogP contribution in [0.4, 0.5) is 0 Å². The second-order valence-corrected chi connectivity index (χ2v) is 8.18. The Hall–Kier alpha value is 0.490. The zero-order valence-corrected chi connectivity index (χ0v) is 14.1. The molecule has 0 aromatic carbocycles. The van der Waals surface area contributed by atoms with Gasteiger partial charge in [-0.15, -0.1) is 11.3 Å². The first kappa shape index (κ1) is 14.9. The van der Waals surface area contributed by atoms with Crippen molar-refractivity contribution < 1.29 is 0 Å². The summed E-state index contributed by atoms with van der Waals surface area (Å²) < 4.78 is 1.19. The molecule has 1 saturated carbocycles.